The second kappa shape index (κ2) is 12.4. The number of carbonyl (C=O) groups excluding carboxylic acids is 4. The van der Waals surface area contributed by atoms with E-state index in [0.29, 0.717) is 25.8 Å². The third-order valence-electron chi connectivity index (χ3n) is 5.32. The fourth-order valence-corrected chi connectivity index (χ4v) is 3.61. The fourth-order valence-electron chi connectivity index (χ4n) is 3.61. The number of nitrogens with one attached hydrogen (secondary N) is 2. The van der Waals surface area contributed by atoms with Gasteiger partial charge in [0.25, 0.3) is 0 Å². The summed E-state index contributed by atoms with van der Waals surface area (Å²) in [6.07, 6.45) is 4.22. The lowest BCUT2D eigenvalue weighted by atomic mass is 9.94. The van der Waals surface area contributed by atoms with Gasteiger partial charge in [-0.25, -0.2) is 10.3 Å². The average molecular weight is 414 g/mol. The van der Waals surface area contributed by atoms with Crippen LogP contribution in [0.3, 0.4) is 0 Å². The van der Waals surface area contributed by atoms with Gasteiger partial charge in [0.2, 0.25) is 17.7 Å². The highest BCUT2D eigenvalue weighted by Crippen LogP contribution is 2.22. The topological polar surface area (TPSA) is 125 Å². The van der Waals surface area contributed by atoms with Crippen molar-refractivity contribution in [3.8, 4) is 0 Å². The highest BCUT2D eigenvalue weighted by atomic mass is 16.5. The van der Waals surface area contributed by atoms with E-state index in [0.717, 1.165) is 19.3 Å². The molecule has 3 atom stereocenters. The molecule has 0 aliphatic carbocycles. The van der Waals surface area contributed by atoms with Gasteiger partial charge in [-0.05, 0) is 25.2 Å². The standard InChI is InChI=1S/C20H35N3O6/c1-5-6-7-9-14(12-16(24)22-28)18(25)21-17(13(2)3)19(26)23-11-8-10-15(23)20(27)29-4/h13-15,17,28H,5-12H2,1-4H3,(H,21,25)(H,22,24)/t14?,15-,17+/m0/s1. The molecule has 3 N–H and O–H groups in total. The molecule has 0 aromatic carbocycles. The minimum absolute atomic E-state index is 0.153. The molecule has 0 aromatic rings. The Morgan fingerprint density at radius 1 is 1.21 bits per heavy atom. The molecule has 29 heavy (non-hydrogen) atoms. The molecule has 1 unspecified atom stereocenters. The van der Waals surface area contributed by atoms with Crippen molar-refractivity contribution in [2.75, 3.05) is 13.7 Å². The van der Waals surface area contributed by atoms with Gasteiger partial charge in [-0.1, -0.05) is 40.0 Å². The molecule has 0 radical (unpaired) electrons. The Kier molecular flexibility index (Phi) is 10.6. The number of methoxy groups -OCH3 is 1. The Labute approximate surface area is 172 Å². The SMILES string of the molecule is CCCCCC(CC(=O)NO)C(=O)N[C@@H](C(=O)N1CCC[C@H]1C(=O)OC)C(C)C. The number of ether oxygens (including phenoxy) is 1. The lowest BCUT2D eigenvalue weighted by Gasteiger charge is -2.30. The summed E-state index contributed by atoms with van der Waals surface area (Å²) >= 11 is 0. The first-order chi connectivity index (χ1) is 13.8. The zero-order chi connectivity index (χ0) is 22.0. The third-order valence-corrected chi connectivity index (χ3v) is 5.32. The number of carbonyl (C=O) groups is 4. The van der Waals surface area contributed by atoms with E-state index in [2.05, 4.69) is 5.32 Å². The van der Waals surface area contributed by atoms with E-state index in [1.165, 1.54) is 12.0 Å². The fraction of sp³-hybridized carbons (Fsp3) is 0.800. The molecule has 0 saturated carbocycles. The average Bonchev–Trinajstić information content (AvgIpc) is 3.19. The summed E-state index contributed by atoms with van der Waals surface area (Å²) in [7, 11) is 1.29. The summed E-state index contributed by atoms with van der Waals surface area (Å²) in [5, 5.41) is 11.6. The Morgan fingerprint density at radius 2 is 1.90 bits per heavy atom. The van der Waals surface area contributed by atoms with Gasteiger partial charge in [0, 0.05) is 18.9 Å². The van der Waals surface area contributed by atoms with Crippen LogP contribution in [0, 0.1) is 11.8 Å². The quantitative estimate of drug-likeness (QED) is 0.203. The van der Waals surface area contributed by atoms with E-state index in [1.807, 2.05) is 20.8 Å². The van der Waals surface area contributed by atoms with Crippen molar-refractivity contribution >= 4 is 23.7 Å². The molecule has 0 spiro atoms. The second-order valence-electron chi connectivity index (χ2n) is 7.87. The first-order valence-corrected chi connectivity index (χ1v) is 10.4. The normalized spacial score (nSPS) is 18.3. The Morgan fingerprint density at radius 3 is 2.45 bits per heavy atom. The summed E-state index contributed by atoms with van der Waals surface area (Å²) < 4.78 is 4.80. The number of likely N-dealkylation sites (tertiary alicyclic amines) is 1. The van der Waals surface area contributed by atoms with E-state index < -0.39 is 35.8 Å². The molecule has 0 bridgehead atoms. The molecular formula is C20H35N3O6. The van der Waals surface area contributed by atoms with Crippen LogP contribution in [0.4, 0.5) is 0 Å². The van der Waals surface area contributed by atoms with Crippen LogP contribution in [0.2, 0.25) is 0 Å². The predicted molar refractivity (Wildman–Crippen MR) is 106 cm³/mol. The molecule has 1 aliphatic rings. The van der Waals surface area contributed by atoms with Gasteiger partial charge < -0.3 is 15.0 Å². The molecule has 1 saturated heterocycles. The largest absolute Gasteiger partial charge is 0.467 e. The molecule has 1 heterocycles. The highest BCUT2D eigenvalue weighted by molar-refractivity contribution is 5.93. The van der Waals surface area contributed by atoms with Crippen molar-refractivity contribution in [2.24, 2.45) is 11.8 Å². The van der Waals surface area contributed by atoms with Crippen molar-refractivity contribution in [3.63, 3.8) is 0 Å². The number of hydrogen-bond donors (Lipinski definition) is 3. The molecule has 166 valence electrons. The van der Waals surface area contributed by atoms with Crippen LogP contribution in [0.15, 0.2) is 0 Å². The van der Waals surface area contributed by atoms with Crippen molar-refractivity contribution < 1.29 is 29.1 Å². The van der Waals surface area contributed by atoms with Gasteiger partial charge >= 0.3 is 5.97 Å². The van der Waals surface area contributed by atoms with Crippen molar-refractivity contribution in [1.29, 1.82) is 0 Å². The Hall–Kier alpha value is -2.16. The maximum atomic E-state index is 13.1. The first-order valence-electron chi connectivity index (χ1n) is 10.4. The summed E-state index contributed by atoms with van der Waals surface area (Å²) in [4.78, 5) is 51.0. The zero-order valence-electron chi connectivity index (χ0n) is 17.9. The zero-order valence-corrected chi connectivity index (χ0v) is 17.9. The molecule has 1 rings (SSSR count). The maximum absolute atomic E-state index is 13.1. The lowest BCUT2D eigenvalue weighted by Crippen LogP contribution is -2.55. The summed E-state index contributed by atoms with van der Waals surface area (Å²) in [5.74, 6) is -2.65. The summed E-state index contributed by atoms with van der Waals surface area (Å²) in [5.41, 5.74) is 1.56. The van der Waals surface area contributed by atoms with Crippen molar-refractivity contribution in [1.82, 2.24) is 15.7 Å². The minimum atomic E-state index is -0.807. The summed E-state index contributed by atoms with van der Waals surface area (Å²) in [6, 6.07) is -1.44. The monoisotopic (exact) mass is 413 g/mol. The van der Waals surface area contributed by atoms with Gasteiger partial charge in [-0.15, -0.1) is 0 Å². The lowest BCUT2D eigenvalue weighted by molar-refractivity contribution is -0.152. The molecule has 1 aliphatic heterocycles. The van der Waals surface area contributed by atoms with Crippen LogP contribution in [-0.2, 0) is 23.9 Å². The number of esters is 1. The van der Waals surface area contributed by atoms with Crippen LogP contribution >= 0.6 is 0 Å². The number of hydrogen-bond acceptors (Lipinski definition) is 6. The van der Waals surface area contributed by atoms with Gasteiger partial charge in [0.05, 0.1) is 7.11 Å². The Bertz CT molecular complexity index is 581. The molecule has 3 amide bonds. The van der Waals surface area contributed by atoms with Crippen LogP contribution in [0.25, 0.3) is 0 Å². The van der Waals surface area contributed by atoms with E-state index in [-0.39, 0.29) is 18.2 Å². The van der Waals surface area contributed by atoms with Gasteiger partial charge in [0.15, 0.2) is 0 Å². The van der Waals surface area contributed by atoms with Crippen LogP contribution in [0.5, 0.6) is 0 Å². The maximum Gasteiger partial charge on any atom is 0.328 e. The van der Waals surface area contributed by atoms with E-state index >= 15 is 0 Å². The van der Waals surface area contributed by atoms with E-state index in [4.69, 9.17) is 9.94 Å². The number of unbranched alkanes of at least 4 members (excludes halogenated alkanes) is 2. The third kappa shape index (κ3) is 7.30. The van der Waals surface area contributed by atoms with Crippen LogP contribution in [-0.4, -0.2) is 59.5 Å². The highest BCUT2D eigenvalue weighted by Gasteiger charge is 2.39. The molecule has 9 heteroatoms. The van der Waals surface area contributed by atoms with Crippen LogP contribution in [0.1, 0.15) is 65.7 Å². The minimum Gasteiger partial charge on any atom is -0.467 e. The molecule has 0 aromatic heterocycles. The second-order valence-corrected chi connectivity index (χ2v) is 7.87. The number of nitrogens with zero attached hydrogens (tertiary/aromatic N) is 1. The van der Waals surface area contributed by atoms with E-state index in [9.17, 15) is 19.2 Å². The molecule has 9 nitrogen and oxygen atoms in total. The van der Waals surface area contributed by atoms with Crippen molar-refractivity contribution in [2.45, 2.75) is 77.8 Å². The smallest absolute Gasteiger partial charge is 0.328 e. The predicted octanol–water partition coefficient (Wildman–Crippen LogP) is 1.38. The van der Waals surface area contributed by atoms with Gasteiger partial charge in [-0.2, -0.15) is 0 Å². The molecular weight excluding hydrogens is 378 g/mol. The molecule has 1 fully saturated rings. The Balaban J connectivity index is 2.90. The number of hydroxylamine groups is 1. The number of rotatable bonds is 11. The van der Waals surface area contributed by atoms with Gasteiger partial charge in [0.1, 0.15) is 12.1 Å². The van der Waals surface area contributed by atoms with Crippen molar-refractivity contribution in [3.05, 3.63) is 0 Å². The van der Waals surface area contributed by atoms with E-state index in [1.54, 1.807) is 5.48 Å². The van der Waals surface area contributed by atoms with Gasteiger partial charge in [-0.3, -0.25) is 19.6 Å². The van der Waals surface area contributed by atoms with Crippen LogP contribution < -0.4 is 10.8 Å². The number of amides is 3. The first kappa shape index (κ1) is 24.9. The summed E-state index contributed by atoms with van der Waals surface area (Å²) in [6.45, 7) is 6.11.